The predicted molar refractivity (Wildman–Crippen MR) is 140 cm³/mol. The second-order valence-corrected chi connectivity index (χ2v) is 9.64. The van der Waals surface area contributed by atoms with Gasteiger partial charge in [0.25, 0.3) is 5.91 Å². The maximum Gasteiger partial charge on any atom is 0.354 e. The van der Waals surface area contributed by atoms with Crippen LogP contribution in [0.4, 0.5) is 5.82 Å². The van der Waals surface area contributed by atoms with E-state index in [2.05, 4.69) is 37.6 Å². The molecule has 9 nitrogen and oxygen atoms in total. The number of hydrogen-bond acceptors (Lipinski definition) is 6. The number of nitrogens with zero attached hydrogens (tertiary/aromatic N) is 6. The maximum absolute atomic E-state index is 12.4. The quantitative estimate of drug-likeness (QED) is 0.466. The molecule has 1 aliphatic rings. The zero-order valence-corrected chi connectivity index (χ0v) is 20.9. The van der Waals surface area contributed by atoms with E-state index < -0.39 is 5.69 Å². The third kappa shape index (κ3) is 4.49. The van der Waals surface area contributed by atoms with Gasteiger partial charge in [0.05, 0.1) is 5.69 Å². The smallest absolute Gasteiger partial charge is 0.354 e. The van der Waals surface area contributed by atoms with Crippen LogP contribution in [0.15, 0.2) is 59.7 Å². The number of amides is 1. The van der Waals surface area contributed by atoms with Crippen molar-refractivity contribution in [3.8, 4) is 5.69 Å². The summed E-state index contributed by atoms with van der Waals surface area (Å²) in [5, 5.41) is 0.908. The Morgan fingerprint density at radius 2 is 1.83 bits per heavy atom. The second kappa shape index (κ2) is 9.58. The van der Waals surface area contributed by atoms with Crippen LogP contribution in [0.2, 0.25) is 0 Å². The van der Waals surface area contributed by atoms with Gasteiger partial charge in [0, 0.05) is 56.7 Å². The number of carbonyl (C=O) groups is 1. The third-order valence-corrected chi connectivity index (χ3v) is 7.10. The number of carbonyl (C=O) groups excluding carboxylic acids is 1. The normalized spacial score (nSPS) is 14.9. The minimum Gasteiger partial charge on any atom is -0.383 e. The highest BCUT2D eigenvalue weighted by atomic mass is 16.2. The van der Waals surface area contributed by atoms with Crippen LogP contribution in [-0.2, 0) is 13.6 Å². The van der Waals surface area contributed by atoms with Gasteiger partial charge in [0.1, 0.15) is 11.5 Å². The molecule has 0 atom stereocenters. The molecule has 1 saturated heterocycles. The fourth-order valence-corrected chi connectivity index (χ4v) is 5.03. The van der Waals surface area contributed by atoms with Gasteiger partial charge in [-0.05, 0) is 67.7 Å². The average Bonchev–Trinajstić information content (AvgIpc) is 3.19. The minimum atomic E-state index is -0.408. The lowest BCUT2D eigenvalue weighted by atomic mass is 9.89. The van der Waals surface area contributed by atoms with Crippen molar-refractivity contribution in [1.82, 2.24) is 28.9 Å². The van der Waals surface area contributed by atoms with Crippen LogP contribution in [0, 0.1) is 0 Å². The molecule has 1 aromatic carbocycles. The van der Waals surface area contributed by atoms with Gasteiger partial charge < -0.3 is 15.2 Å². The number of pyridine rings is 1. The molecular weight excluding hydrogens is 454 g/mol. The monoisotopic (exact) mass is 485 g/mol. The van der Waals surface area contributed by atoms with E-state index in [-0.39, 0.29) is 11.7 Å². The van der Waals surface area contributed by atoms with E-state index >= 15 is 0 Å². The Labute approximate surface area is 209 Å². The summed E-state index contributed by atoms with van der Waals surface area (Å²) in [5.41, 5.74) is 9.99. The van der Waals surface area contributed by atoms with Crippen molar-refractivity contribution in [3.63, 3.8) is 0 Å². The summed E-state index contributed by atoms with van der Waals surface area (Å²) in [6.07, 6.45) is 5.51. The highest BCUT2D eigenvalue weighted by Gasteiger charge is 2.23. The summed E-state index contributed by atoms with van der Waals surface area (Å²) in [5.74, 6) is 0.730. The van der Waals surface area contributed by atoms with Crippen molar-refractivity contribution in [2.45, 2.75) is 25.3 Å². The van der Waals surface area contributed by atoms with E-state index in [4.69, 9.17) is 5.73 Å². The minimum absolute atomic E-state index is 0.0292. The van der Waals surface area contributed by atoms with Gasteiger partial charge in [-0.2, -0.15) is 4.98 Å². The van der Waals surface area contributed by atoms with Crippen LogP contribution >= 0.6 is 0 Å². The lowest BCUT2D eigenvalue weighted by Gasteiger charge is -2.32. The number of rotatable bonds is 5. The number of piperidine rings is 1. The van der Waals surface area contributed by atoms with Crippen molar-refractivity contribution < 1.29 is 4.79 Å². The summed E-state index contributed by atoms with van der Waals surface area (Å²) in [6, 6.07) is 13.6. The van der Waals surface area contributed by atoms with Crippen molar-refractivity contribution in [2.75, 3.05) is 32.9 Å². The van der Waals surface area contributed by atoms with Crippen LogP contribution in [-0.4, -0.2) is 62.0 Å². The topological polar surface area (TPSA) is 102 Å². The number of aromatic nitrogens is 4. The standard InChI is InChI=1S/C27H31N7O2/c1-31(2)26(35)20-6-4-18(5-7-20)19-9-13-33(14-10-19)17-21-16-22-23(8-12-29-25(22)32(21)3)34-15-11-24(28)30-27(34)36/h4-8,11-12,15-16,19H,9-10,13-14,17H2,1-3H3,(H2,28,30,36). The molecule has 0 bridgehead atoms. The summed E-state index contributed by atoms with van der Waals surface area (Å²) in [4.78, 5) is 37.1. The number of hydrogen-bond donors (Lipinski definition) is 1. The first-order valence-electron chi connectivity index (χ1n) is 12.1. The summed E-state index contributed by atoms with van der Waals surface area (Å²) < 4.78 is 3.61. The highest BCUT2D eigenvalue weighted by molar-refractivity contribution is 5.93. The number of nitrogen functional groups attached to an aromatic ring is 1. The van der Waals surface area contributed by atoms with Gasteiger partial charge in [0.2, 0.25) is 0 Å². The van der Waals surface area contributed by atoms with Gasteiger partial charge in [-0.1, -0.05) is 12.1 Å². The third-order valence-electron chi connectivity index (χ3n) is 7.10. The van der Waals surface area contributed by atoms with Crippen LogP contribution in [0.5, 0.6) is 0 Å². The van der Waals surface area contributed by atoms with E-state index in [0.29, 0.717) is 5.92 Å². The van der Waals surface area contributed by atoms with Gasteiger partial charge in [-0.25, -0.2) is 9.78 Å². The van der Waals surface area contributed by atoms with Crippen molar-refractivity contribution in [2.24, 2.45) is 7.05 Å². The van der Waals surface area contributed by atoms with E-state index in [1.807, 2.05) is 25.2 Å². The average molecular weight is 486 g/mol. The molecule has 4 aromatic rings. The molecule has 0 saturated carbocycles. The lowest BCUT2D eigenvalue weighted by molar-refractivity contribution is 0.0827. The van der Waals surface area contributed by atoms with Crippen molar-refractivity contribution in [1.29, 1.82) is 0 Å². The first-order valence-corrected chi connectivity index (χ1v) is 12.1. The molecule has 36 heavy (non-hydrogen) atoms. The molecule has 3 aromatic heterocycles. The molecule has 0 spiro atoms. The number of likely N-dealkylation sites (tertiary alicyclic amines) is 1. The Kier molecular flexibility index (Phi) is 6.32. The summed E-state index contributed by atoms with van der Waals surface area (Å²) >= 11 is 0. The molecule has 9 heteroatoms. The Bertz CT molecular complexity index is 1460. The molecule has 2 N–H and O–H groups in total. The molecule has 0 radical (unpaired) electrons. The molecule has 4 heterocycles. The second-order valence-electron chi connectivity index (χ2n) is 9.64. The zero-order chi connectivity index (χ0) is 25.4. The number of aryl methyl sites for hydroxylation is 1. The van der Waals surface area contributed by atoms with Crippen LogP contribution in [0.25, 0.3) is 16.7 Å². The molecule has 1 amide bonds. The number of anilines is 1. The van der Waals surface area contributed by atoms with Crippen molar-refractivity contribution >= 4 is 22.8 Å². The Morgan fingerprint density at radius 1 is 1.11 bits per heavy atom. The van der Waals surface area contributed by atoms with Crippen molar-refractivity contribution in [3.05, 3.63) is 82.2 Å². The number of nitrogens with two attached hydrogens (primary N) is 1. The molecule has 1 aliphatic heterocycles. The SMILES string of the molecule is CN(C)C(=O)c1ccc(C2CCN(Cc3cc4c(-n5ccc(N)nc5=O)ccnc4n3C)CC2)cc1. The summed E-state index contributed by atoms with van der Waals surface area (Å²) in [6.45, 7) is 2.79. The highest BCUT2D eigenvalue weighted by Crippen LogP contribution is 2.30. The first kappa shape index (κ1) is 23.7. The first-order chi connectivity index (χ1) is 17.3. The summed E-state index contributed by atoms with van der Waals surface area (Å²) in [7, 11) is 5.56. The lowest BCUT2D eigenvalue weighted by Crippen LogP contribution is -2.33. The molecule has 1 fully saturated rings. The molecule has 0 unspecified atom stereocenters. The molecule has 186 valence electrons. The van der Waals surface area contributed by atoms with E-state index in [1.54, 1.807) is 37.5 Å². The predicted octanol–water partition coefficient (Wildman–Crippen LogP) is 2.78. The van der Waals surface area contributed by atoms with Crippen LogP contribution < -0.4 is 11.4 Å². The van der Waals surface area contributed by atoms with E-state index in [9.17, 15) is 9.59 Å². The van der Waals surface area contributed by atoms with Gasteiger partial charge in [-0.3, -0.25) is 14.3 Å². The van der Waals surface area contributed by atoms with Gasteiger partial charge in [-0.15, -0.1) is 0 Å². The molecule has 5 rings (SSSR count). The molecule has 0 aliphatic carbocycles. The van der Waals surface area contributed by atoms with Gasteiger partial charge >= 0.3 is 5.69 Å². The number of benzene rings is 1. The largest absolute Gasteiger partial charge is 0.383 e. The van der Waals surface area contributed by atoms with Crippen LogP contribution in [0.1, 0.15) is 40.4 Å². The number of fused-ring (bicyclic) bond motifs is 1. The Balaban J connectivity index is 1.30. The maximum atomic E-state index is 12.4. The Morgan fingerprint density at radius 3 is 2.50 bits per heavy atom. The molecular formula is C27H31N7O2. The fraction of sp³-hybridized carbons (Fsp3) is 0.333. The van der Waals surface area contributed by atoms with E-state index in [1.165, 1.54) is 10.1 Å². The van der Waals surface area contributed by atoms with Gasteiger partial charge in [0.15, 0.2) is 0 Å². The fourth-order valence-electron chi connectivity index (χ4n) is 5.03. The Hall–Kier alpha value is -3.98. The van der Waals surface area contributed by atoms with E-state index in [0.717, 1.165) is 60.5 Å². The van der Waals surface area contributed by atoms with Crippen LogP contribution in [0.3, 0.4) is 0 Å². The zero-order valence-electron chi connectivity index (χ0n) is 20.9.